The first-order chi connectivity index (χ1) is 14.0. The summed E-state index contributed by atoms with van der Waals surface area (Å²) in [6, 6.07) is 7.78. The van der Waals surface area contributed by atoms with E-state index in [2.05, 4.69) is 15.6 Å². The van der Waals surface area contributed by atoms with Crippen LogP contribution >= 0.6 is 0 Å². The van der Waals surface area contributed by atoms with Gasteiger partial charge in [-0.25, -0.2) is 13.8 Å². The Hall–Kier alpha value is -2.84. The molecule has 0 saturated carbocycles. The van der Waals surface area contributed by atoms with Crippen LogP contribution in [0.15, 0.2) is 30.3 Å². The van der Waals surface area contributed by atoms with Crippen LogP contribution in [0, 0.1) is 18.6 Å². The Bertz CT molecular complexity index is 1050. The van der Waals surface area contributed by atoms with Crippen LogP contribution in [0.3, 0.4) is 0 Å². The van der Waals surface area contributed by atoms with Gasteiger partial charge in [-0.3, -0.25) is 4.79 Å². The molecule has 3 aromatic rings. The molecular weight excluding hydrogens is 378 g/mol. The summed E-state index contributed by atoms with van der Waals surface area (Å²) in [6.45, 7) is 4.34. The number of morpholine rings is 1. The molecule has 2 N–H and O–H groups in total. The highest BCUT2D eigenvalue weighted by molar-refractivity contribution is 5.94. The van der Waals surface area contributed by atoms with Gasteiger partial charge in [0.1, 0.15) is 17.5 Å². The molecule has 29 heavy (non-hydrogen) atoms. The fourth-order valence-corrected chi connectivity index (χ4v) is 3.62. The summed E-state index contributed by atoms with van der Waals surface area (Å²) >= 11 is 0. The number of nitrogens with zero attached hydrogens (tertiary/aromatic N) is 2. The van der Waals surface area contributed by atoms with Gasteiger partial charge in [0.15, 0.2) is 0 Å². The Morgan fingerprint density at radius 3 is 2.72 bits per heavy atom. The molecular formula is C21H22F2N4O2. The number of rotatable bonds is 4. The summed E-state index contributed by atoms with van der Waals surface area (Å²) < 4.78 is 37.5. The van der Waals surface area contributed by atoms with Gasteiger partial charge in [-0.2, -0.15) is 0 Å². The number of fused-ring (bicyclic) bond motifs is 1. The quantitative estimate of drug-likeness (QED) is 0.707. The number of aryl methyl sites for hydroxylation is 1. The van der Waals surface area contributed by atoms with E-state index in [1.54, 1.807) is 4.57 Å². The van der Waals surface area contributed by atoms with Crippen molar-refractivity contribution in [2.75, 3.05) is 26.7 Å². The van der Waals surface area contributed by atoms with Crippen LogP contribution in [0.1, 0.15) is 15.9 Å². The minimum Gasteiger partial charge on any atom is -0.374 e. The van der Waals surface area contributed by atoms with Crippen molar-refractivity contribution < 1.29 is 18.3 Å². The second-order valence-electron chi connectivity index (χ2n) is 7.13. The second kappa shape index (κ2) is 7.88. The van der Waals surface area contributed by atoms with Crippen LogP contribution in [-0.2, 0) is 11.3 Å². The van der Waals surface area contributed by atoms with E-state index in [1.165, 1.54) is 7.05 Å². The lowest BCUT2D eigenvalue weighted by molar-refractivity contribution is 0.0191. The molecule has 1 amide bonds. The van der Waals surface area contributed by atoms with E-state index in [1.807, 2.05) is 25.1 Å². The van der Waals surface area contributed by atoms with Gasteiger partial charge >= 0.3 is 0 Å². The predicted molar refractivity (Wildman–Crippen MR) is 106 cm³/mol. The number of amides is 1. The Kier molecular flexibility index (Phi) is 5.29. The van der Waals surface area contributed by atoms with Crippen LogP contribution < -0.4 is 10.6 Å². The lowest BCUT2D eigenvalue weighted by Crippen LogP contribution is -2.40. The van der Waals surface area contributed by atoms with Crippen molar-refractivity contribution in [3.63, 3.8) is 0 Å². The lowest BCUT2D eigenvalue weighted by Gasteiger charge is -2.25. The molecule has 8 heteroatoms. The summed E-state index contributed by atoms with van der Waals surface area (Å²) in [7, 11) is 1.41. The largest absolute Gasteiger partial charge is 0.374 e. The molecule has 0 bridgehead atoms. The van der Waals surface area contributed by atoms with Gasteiger partial charge < -0.3 is 19.9 Å². The molecule has 4 rings (SSSR count). The number of carbonyl (C=O) groups excluding carboxylic acids is 1. The molecule has 0 radical (unpaired) electrons. The number of hydrogen-bond donors (Lipinski definition) is 2. The Morgan fingerprint density at radius 1 is 1.31 bits per heavy atom. The highest BCUT2D eigenvalue weighted by atomic mass is 19.1. The summed E-state index contributed by atoms with van der Waals surface area (Å²) in [5.41, 5.74) is 2.09. The minimum absolute atomic E-state index is 0.0791. The standard InChI is InChI=1S/C21H22F2N4O2/c1-12-3-4-18-17(7-12)26-20(27(18)11-14-10-25-5-6-29-14)19-15(22)8-13(9-16(19)23)21(28)24-2/h3-4,7-9,14,25H,5-6,10-11H2,1-2H3,(H,24,28). The van der Waals surface area contributed by atoms with Crippen LogP contribution in [-0.4, -0.2) is 48.3 Å². The number of imidazole rings is 1. The number of carbonyl (C=O) groups is 1. The van der Waals surface area contributed by atoms with Gasteiger partial charge in [-0.15, -0.1) is 0 Å². The number of nitrogens with one attached hydrogen (secondary N) is 2. The maximum atomic E-state index is 14.9. The molecule has 0 aliphatic carbocycles. The van der Waals surface area contributed by atoms with Crippen molar-refractivity contribution in [2.45, 2.75) is 19.6 Å². The smallest absolute Gasteiger partial charge is 0.251 e. The van der Waals surface area contributed by atoms with E-state index >= 15 is 0 Å². The second-order valence-corrected chi connectivity index (χ2v) is 7.13. The van der Waals surface area contributed by atoms with Crippen molar-refractivity contribution in [3.8, 4) is 11.4 Å². The number of hydrogen-bond acceptors (Lipinski definition) is 4. The topological polar surface area (TPSA) is 68.2 Å². The van der Waals surface area contributed by atoms with Gasteiger partial charge in [0.25, 0.3) is 5.91 Å². The SMILES string of the molecule is CNC(=O)c1cc(F)c(-c2nc3cc(C)ccc3n2CC2CNCCO2)c(F)c1. The zero-order valence-corrected chi connectivity index (χ0v) is 16.3. The van der Waals surface area contributed by atoms with Crippen molar-refractivity contribution >= 4 is 16.9 Å². The summed E-state index contributed by atoms with van der Waals surface area (Å²) in [5.74, 6) is -2.04. The van der Waals surface area contributed by atoms with E-state index in [0.29, 0.717) is 25.2 Å². The molecule has 0 spiro atoms. The van der Waals surface area contributed by atoms with Gasteiger partial charge in [0.2, 0.25) is 0 Å². The molecule has 1 fully saturated rings. The highest BCUT2D eigenvalue weighted by Crippen LogP contribution is 2.31. The minimum atomic E-state index is -0.834. The Labute approximate surface area is 166 Å². The summed E-state index contributed by atoms with van der Waals surface area (Å²) in [6.07, 6.45) is -0.141. The molecule has 1 aromatic heterocycles. The van der Waals surface area contributed by atoms with Crippen molar-refractivity contribution in [3.05, 3.63) is 53.1 Å². The fraction of sp³-hybridized carbons (Fsp3) is 0.333. The van der Waals surface area contributed by atoms with Crippen molar-refractivity contribution in [2.24, 2.45) is 0 Å². The number of benzene rings is 2. The molecule has 2 heterocycles. The van der Waals surface area contributed by atoms with Gasteiger partial charge in [-0.05, 0) is 36.8 Å². The third-order valence-corrected chi connectivity index (χ3v) is 5.05. The average Bonchev–Trinajstić information content (AvgIpc) is 3.04. The first-order valence-electron chi connectivity index (χ1n) is 9.48. The molecule has 2 aromatic carbocycles. The molecule has 1 atom stereocenters. The molecule has 6 nitrogen and oxygen atoms in total. The number of aromatic nitrogens is 2. The third kappa shape index (κ3) is 3.73. The Morgan fingerprint density at radius 2 is 2.07 bits per heavy atom. The van der Waals surface area contributed by atoms with E-state index < -0.39 is 17.5 Å². The Balaban J connectivity index is 1.86. The monoisotopic (exact) mass is 400 g/mol. The van der Waals surface area contributed by atoms with Crippen molar-refractivity contribution in [1.82, 2.24) is 20.2 Å². The maximum absolute atomic E-state index is 14.9. The van der Waals surface area contributed by atoms with E-state index in [4.69, 9.17) is 4.74 Å². The predicted octanol–water partition coefficient (Wildman–Crippen LogP) is 2.64. The van der Waals surface area contributed by atoms with Gasteiger partial charge in [0, 0.05) is 25.7 Å². The molecule has 1 saturated heterocycles. The fourth-order valence-electron chi connectivity index (χ4n) is 3.62. The zero-order valence-electron chi connectivity index (χ0n) is 16.3. The third-order valence-electron chi connectivity index (χ3n) is 5.05. The summed E-state index contributed by atoms with van der Waals surface area (Å²) in [4.78, 5) is 16.3. The zero-order chi connectivity index (χ0) is 20.5. The van der Waals surface area contributed by atoms with Crippen LogP contribution in [0.4, 0.5) is 8.78 Å². The van der Waals surface area contributed by atoms with Gasteiger partial charge in [0.05, 0.1) is 35.9 Å². The highest BCUT2D eigenvalue weighted by Gasteiger charge is 2.24. The average molecular weight is 400 g/mol. The molecule has 1 aliphatic heterocycles. The normalized spacial score (nSPS) is 16.9. The number of halogens is 2. The lowest BCUT2D eigenvalue weighted by atomic mass is 10.1. The first-order valence-corrected chi connectivity index (χ1v) is 9.48. The first kappa shape index (κ1) is 19.5. The van der Waals surface area contributed by atoms with Crippen LogP contribution in [0.5, 0.6) is 0 Å². The molecule has 152 valence electrons. The molecule has 1 unspecified atom stereocenters. The van der Waals surface area contributed by atoms with Crippen molar-refractivity contribution in [1.29, 1.82) is 0 Å². The summed E-state index contributed by atoms with van der Waals surface area (Å²) in [5, 5.41) is 5.63. The molecule has 1 aliphatic rings. The van der Waals surface area contributed by atoms with Crippen LogP contribution in [0.25, 0.3) is 22.4 Å². The van der Waals surface area contributed by atoms with Crippen LogP contribution in [0.2, 0.25) is 0 Å². The van der Waals surface area contributed by atoms with E-state index in [9.17, 15) is 13.6 Å². The van der Waals surface area contributed by atoms with E-state index in [-0.39, 0.29) is 23.1 Å². The number of ether oxygens (including phenoxy) is 1. The van der Waals surface area contributed by atoms with Gasteiger partial charge in [-0.1, -0.05) is 6.07 Å². The maximum Gasteiger partial charge on any atom is 0.251 e. The van der Waals surface area contributed by atoms with E-state index in [0.717, 1.165) is 29.8 Å².